The van der Waals surface area contributed by atoms with Gasteiger partial charge in [0, 0.05) is 9.65 Å². The molecule has 2 aliphatic carbocycles. The van der Waals surface area contributed by atoms with Crippen molar-refractivity contribution in [3.63, 3.8) is 0 Å². The van der Waals surface area contributed by atoms with Crippen LogP contribution in [0, 0.1) is 23.7 Å². The van der Waals surface area contributed by atoms with Crippen LogP contribution in [0.1, 0.15) is 6.42 Å². The van der Waals surface area contributed by atoms with E-state index in [1.165, 1.54) is 4.90 Å². The molecule has 0 radical (unpaired) electrons. The van der Waals surface area contributed by atoms with Gasteiger partial charge in [-0.25, -0.2) is 0 Å². The first-order chi connectivity index (χ1) is 11.6. The third kappa shape index (κ3) is 1.83. The zero-order chi connectivity index (χ0) is 16.6. The normalized spacial score (nSPS) is 37.5. The molecule has 3 fully saturated rings. The predicted octanol–water partition coefficient (Wildman–Crippen LogP) is 4.12. The standard InChI is InChI=1S/C19H15Br2NO2/c20-16-12-8-13(17(16)21)15-14(12)18(23)22(19(15)24)11-6-5-9-3-1-2-4-10(9)7-11/h1-7,12-17H,8H2/t12-,13+,14+,15-,16+,17-. The molecule has 1 saturated heterocycles. The number of nitrogens with zero attached hydrogens (tertiary/aromatic N) is 1. The summed E-state index contributed by atoms with van der Waals surface area (Å²) in [5, 5.41) is 2.16. The second-order valence-corrected chi connectivity index (χ2v) is 9.16. The van der Waals surface area contributed by atoms with Crippen molar-refractivity contribution in [2.45, 2.75) is 16.1 Å². The van der Waals surface area contributed by atoms with Crippen LogP contribution in [0.15, 0.2) is 42.5 Å². The van der Waals surface area contributed by atoms with Gasteiger partial charge in [0.15, 0.2) is 0 Å². The first kappa shape index (κ1) is 15.1. The fourth-order valence-corrected chi connectivity index (χ4v) is 6.79. The number of amides is 2. The Morgan fingerprint density at radius 2 is 1.42 bits per heavy atom. The van der Waals surface area contributed by atoms with Crippen molar-refractivity contribution in [3.05, 3.63) is 42.5 Å². The number of anilines is 1. The number of rotatable bonds is 1. The lowest BCUT2D eigenvalue weighted by molar-refractivity contribution is -0.123. The molecular formula is C19H15Br2NO2. The number of alkyl halides is 2. The van der Waals surface area contributed by atoms with E-state index in [0.717, 1.165) is 17.2 Å². The molecule has 1 heterocycles. The monoisotopic (exact) mass is 447 g/mol. The summed E-state index contributed by atoms with van der Waals surface area (Å²) in [5.41, 5.74) is 0.703. The second-order valence-electron chi connectivity index (χ2n) is 7.05. The molecule has 24 heavy (non-hydrogen) atoms. The van der Waals surface area contributed by atoms with E-state index in [0.29, 0.717) is 5.69 Å². The quantitative estimate of drug-likeness (QED) is 0.486. The van der Waals surface area contributed by atoms with Crippen LogP contribution in [0.2, 0.25) is 0 Å². The van der Waals surface area contributed by atoms with Crippen LogP contribution >= 0.6 is 31.9 Å². The molecule has 6 atom stereocenters. The van der Waals surface area contributed by atoms with Gasteiger partial charge in [-0.05, 0) is 41.2 Å². The minimum Gasteiger partial charge on any atom is -0.274 e. The van der Waals surface area contributed by atoms with Crippen molar-refractivity contribution in [1.82, 2.24) is 0 Å². The molecule has 0 N–H and O–H groups in total. The lowest BCUT2D eigenvalue weighted by Crippen LogP contribution is -2.37. The fraction of sp³-hybridized carbons (Fsp3) is 0.368. The fourth-order valence-electron chi connectivity index (χ4n) is 4.92. The average molecular weight is 449 g/mol. The van der Waals surface area contributed by atoms with E-state index in [1.807, 2.05) is 42.5 Å². The molecule has 3 aliphatic rings. The molecule has 0 unspecified atom stereocenters. The molecule has 2 saturated carbocycles. The number of imide groups is 1. The van der Waals surface area contributed by atoms with Gasteiger partial charge in [-0.15, -0.1) is 0 Å². The Kier molecular flexibility index (Phi) is 3.24. The van der Waals surface area contributed by atoms with Crippen molar-refractivity contribution in [1.29, 1.82) is 0 Å². The van der Waals surface area contributed by atoms with Crippen LogP contribution in [-0.4, -0.2) is 21.5 Å². The van der Waals surface area contributed by atoms with E-state index in [9.17, 15) is 9.59 Å². The Morgan fingerprint density at radius 3 is 2.04 bits per heavy atom. The first-order valence-corrected chi connectivity index (χ1v) is 10.1. The highest BCUT2D eigenvalue weighted by Crippen LogP contribution is 2.60. The van der Waals surface area contributed by atoms with Crippen LogP contribution < -0.4 is 4.90 Å². The van der Waals surface area contributed by atoms with Gasteiger partial charge in [-0.3, -0.25) is 14.5 Å². The summed E-state index contributed by atoms with van der Waals surface area (Å²) in [6.07, 6.45) is 0.963. The Bertz CT molecular complexity index is 851. The molecular weight excluding hydrogens is 434 g/mol. The molecule has 3 nitrogen and oxygen atoms in total. The van der Waals surface area contributed by atoms with Crippen LogP contribution in [0.3, 0.4) is 0 Å². The Morgan fingerprint density at radius 1 is 0.833 bits per heavy atom. The maximum Gasteiger partial charge on any atom is 0.238 e. The zero-order valence-corrected chi connectivity index (χ0v) is 15.9. The summed E-state index contributed by atoms with van der Waals surface area (Å²) in [7, 11) is 0. The summed E-state index contributed by atoms with van der Waals surface area (Å²) >= 11 is 7.45. The zero-order valence-electron chi connectivity index (χ0n) is 12.7. The van der Waals surface area contributed by atoms with Crippen LogP contribution in [0.5, 0.6) is 0 Å². The lowest BCUT2D eigenvalue weighted by atomic mass is 9.81. The number of fused-ring (bicyclic) bond motifs is 6. The van der Waals surface area contributed by atoms with Crippen LogP contribution in [0.25, 0.3) is 10.8 Å². The van der Waals surface area contributed by atoms with E-state index in [1.54, 1.807) is 0 Å². The van der Waals surface area contributed by atoms with Gasteiger partial charge in [-0.2, -0.15) is 0 Å². The highest BCUT2D eigenvalue weighted by molar-refractivity contribution is 9.12. The number of carbonyl (C=O) groups excluding carboxylic acids is 2. The molecule has 2 bridgehead atoms. The average Bonchev–Trinajstić information content (AvgIpc) is 3.19. The van der Waals surface area contributed by atoms with Gasteiger partial charge < -0.3 is 0 Å². The smallest absolute Gasteiger partial charge is 0.238 e. The van der Waals surface area contributed by atoms with E-state index >= 15 is 0 Å². The second kappa shape index (κ2) is 5.15. The number of hydrogen-bond donors (Lipinski definition) is 0. The van der Waals surface area contributed by atoms with Crippen molar-refractivity contribution in [3.8, 4) is 0 Å². The Hall–Kier alpha value is -1.20. The minimum absolute atomic E-state index is 0.0170. The maximum atomic E-state index is 13.0. The number of halogens is 2. The molecule has 2 amide bonds. The Labute approximate surface area is 156 Å². The minimum atomic E-state index is -0.160. The SMILES string of the molecule is O=C1[C@@H]2[C@@H]3C[C@@H]([C@H](Br)[C@@H]3Br)[C@@H]2C(=O)N1c1ccc2ccccc2c1. The van der Waals surface area contributed by atoms with Gasteiger partial charge in [0.1, 0.15) is 0 Å². The highest BCUT2D eigenvalue weighted by Gasteiger charge is 2.66. The summed E-state index contributed by atoms with van der Waals surface area (Å²) in [5.74, 6) is 0.158. The first-order valence-electron chi connectivity index (χ1n) is 8.22. The summed E-state index contributed by atoms with van der Waals surface area (Å²) in [6, 6.07) is 13.8. The summed E-state index contributed by atoms with van der Waals surface area (Å²) < 4.78 is 0. The van der Waals surface area contributed by atoms with Crippen molar-refractivity contribution < 1.29 is 9.59 Å². The van der Waals surface area contributed by atoms with Gasteiger partial charge >= 0.3 is 0 Å². The van der Waals surface area contributed by atoms with Crippen molar-refractivity contribution in [2.24, 2.45) is 23.7 Å². The van der Waals surface area contributed by atoms with Crippen LogP contribution in [0.4, 0.5) is 5.69 Å². The topological polar surface area (TPSA) is 37.4 Å². The van der Waals surface area contributed by atoms with Gasteiger partial charge in [0.25, 0.3) is 0 Å². The molecule has 0 aromatic heterocycles. The summed E-state index contributed by atoms with van der Waals surface area (Å²) in [4.78, 5) is 28.1. The van der Waals surface area contributed by atoms with E-state index in [-0.39, 0.29) is 45.1 Å². The molecule has 5 heteroatoms. The third-order valence-electron chi connectivity index (χ3n) is 5.98. The van der Waals surface area contributed by atoms with E-state index in [2.05, 4.69) is 31.9 Å². The molecule has 2 aromatic rings. The third-order valence-corrected chi connectivity index (χ3v) is 9.18. The largest absolute Gasteiger partial charge is 0.274 e. The maximum absolute atomic E-state index is 13.0. The Balaban J connectivity index is 1.57. The molecule has 5 rings (SSSR count). The number of hydrogen-bond acceptors (Lipinski definition) is 2. The summed E-state index contributed by atoms with van der Waals surface area (Å²) in [6.45, 7) is 0. The van der Waals surface area contributed by atoms with Crippen LogP contribution in [-0.2, 0) is 9.59 Å². The lowest BCUT2D eigenvalue weighted by Gasteiger charge is -2.28. The van der Waals surface area contributed by atoms with Crippen molar-refractivity contribution >= 4 is 60.1 Å². The highest BCUT2D eigenvalue weighted by atomic mass is 79.9. The van der Waals surface area contributed by atoms with Gasteiger partial charge in [-0.1, -0.05) is 62.2 Å². The number of benzene rings is 2. The molecule has 0 spiro atoms. The molecule has 2 aromatic carbocycles. The number of carbonyl (C=O) groups is 2. The van der Waals surface area contributed by atoms with Crippen molar-refractivity contribution in [2.75, 3.05) is 4.90 Å². The molecule has 1 aliphatic heterocycles. The van der Waals surface area contributed by atoms with E-state index < -0.39 is 0 Å². The molecule has 122 valence electrons. The van der Waals surface area contributed by atoms with Gasteiger partial charge in [0.2, 0.25) is 11.8 Å². The van der Waals surface area contributed by atoms with Gasteiger partial charge in [0.05, 0.1) is 17.5 Å². The van der Waals surface area contributed by atoms with E-state index in [4.69, 9.17) is 0 Å². The predicted molar refractivity (Wildman–Crippen MR) is 100 cm³/mol.